The number of rotatable bonds is 9. The summed E-state index contributed by atoms with van der Waals surface area (Å²) in [4.78, 5) is 10.2. The van der Waals surface area contributed by atoms with Crippen LogP contribution in [-0.2, 0) is 4.79 Å². The van der Waals surface area contributed by atoms with Gasteiger partial charge in [0.05, 0.1) is 0 Å². The Hall–Kier alpha value is -1.45. The lowest BCUT2D eigenvalue weighted by Gasteiger charge is -2.03. The van der Waals surface area contributed by atoms with Gasteiger partial charge in [0.1, 0.15) is 6.10 Å². The van der Waals surface area contributed by atoms with Crippen molar-refractivity contribution in [1.29, 1.82) is 0 Å². The van der Waals surface area contributed by atoms with E-state index in [0.717, 1.165) is 38.5 Å². The average Bonchev–Trinajstić information content (AvgIpc) is 2.29. The number of aliphatic carboxylic acids is 1. The van der Waals surface area contributed by atoms with Crippen molar-refractivity contribution in [3.63, 3.8) is 0 Å². The van der Waals surface area contributed by atoms with Crippen LogP contribution in [0.3, 0.4) is 0 Å². The molecular weight excluding hydrogens is 216 g/mol. The molecule has 0 saturated heterocycles. The van der Waals surface area contributed by atoms with Gasteiger partial charge < -0.3 is 10.2 Å². The fourth-order valence-electron chi connectivity index (χ4n) is 1.52. The molecule has 2 N–H and O–H groups in total. The molecule has 3 heteroatoms. The molecular formula is C14H20O3. The Bertz CT molecular complexity index is 304. The zero-order chi connectivity index (χ0) is 12.9. The van der Waals surface area contributed by atoms with Crippen LogP contribution >= 0.6 is 0 Å². The third-order valence-electron chi connectivity index (χ3n) is 2.43. The second-order valence-electron chi connectivity index (χ2n) is 3.98. The van der Waals surface area contributed by atoms with Crippen LogP contribution in [0.25, 0.3) is 0 Å². The Morgan fingerprint density at radius 2 is 1.71 bits per heavy atom. The van der Waals surface area contributed by atoms with Crippen LogP contribution in [0.4, 0.5) is 0 Å². The first-order chi connectivity index (χ1) is 8.16. The van der Waals surface area contributed by atoms with Gasteiger partial charge in [-0.2, -0.15) is 0 Å². The van der Waals surface area contributed by atoms with E-state index in [2.05, 4.69) is 17.8 Å². The minimum Gasteiger partial charge on any atom is -0.481 e. The van der Waals surface area contributed by atoms with Gasteiger partial charge in [0.25, 0.3) is 0 Å². The van der Waals surface area contributed by atoms with Gasteiger partial charge in [-0.1, -0.05) is 31.6 Å². The minimum absolute atomic E-state index is 0.264. The van der Waals surface area contributed by atoms with E-state index in [1.807, 2.05) is 0 Å². The first-order valence-electron chi connectivity index (χ1n) is 6.03. The molecule has 0 radical (unpaired) electrons. The number of terminal acetylenes is 1. The fraction of sp³-hybridized carbons (Fsp3) is 0.643. The number of aliphatic hydroxyl groups excluding tert-OH is 1. The van der Waals surface area contributed by atoms with E-state index in [9.17, 15) is 9.90 Å². The van der Waals surface area contributed by atoms with Crippen molar-refractivity contribution < 1.29 is 15.0 Å². The molecule has 94 valence electrons. The summed E-state index contributed by atoms with van der Waals surface area (Å²) in [5, 5.41) is 17.8. The molecule has 1 atom stereocenters. The van der Waals surface area contributed by atoms with Crippen molar-refractivity contribution >= 4 is 5.97 Å². The third-order valence-corrected chi connectivity index (χ3v) is 2.43. The Balaban J connectivity index is 3.24. The molecule has 0 aromatic heterocycles. The lowest BCUT2D eigenvalue weighted by molar-refractivity contribution is -0.137. The quantitative estimate of drug-likeness (QED) is 0.476. The number of hydrogen-bond acceptors (Lipinski definition) is 2. The van der Waals surface area contributed by atoms with Crippen molar-refractivity contribution in [2.75, 3.05) is 0 Å². The molecule has 0 aromatic carbocycles. The highest BCUT2D eigenvalue weighted by Crippen LogP contribution is 2.09. The summed E-state index contributed by atoms with van der Waals surface area (Å²) in [5.74, 6) is 6.40. The van der Waals surface area contributed by atoms with E-state index in [4.69, 9.17) is 11.5 Å². The van der Waals surface area contributed by atoms with Crippen LogP contribution in [0, 0.1) is 24.2 Å². The summed E-state index contributed by atoms with van der Waals surface area (Å²) in [6, 6.07) is 0. The Labute approximate surface area is 103 Å². The molecule has 0 aliphatic rings. The molecule has 0 aliphatic heterocycles. The van der Waals surface area contributed by atoms with Crippen LogP contribution in [0.1, 0.15) is 51.4 Å². The molecule has 0 amide bonds. The summed E-state index contributed by atoms with van der Waals surface area (Å²) in [6.07, 6.45) is 11.1. The standard InChI is InChI=1S/C14H20O3/c1-2-3-10-13(15)11-8-6-4-5-7-9-12-14(16)17/h1,13,15H,4-9,11-12H2,(H,16,17). The molecule has 0 bridgehead atoms. The smallest absolute Gasteiger partial charge is 0.303 e. The maximum absolute atomic E-state index is 10.2. The van der Waals surface area contributed by atoms with Gasteiger partial charge in [0, 0.05) is 6.42 Å². The van der Waals surface area contributed by atoms with Gasteiger partial charge in [-0.05, 0) is 31.1 Å². The lowest BCUT2D eigenvalue weighted by Crippen LogP contribution is -2.01. The zero-order valence-electron chi connectivity index (χ0n) is 10.1. The second kappa shape index (κ2) is 11.0. The highest BCUT2D eigenvalue weighted by molar-refractivity contribution is 5.66. The van der Waals surface area contributed by atoms with Crippen LogP contribution < -0.4 is 0 Å². The van der Waals surface area contributed by atoms with Crippen molar-refractivity contribution in [3.8, 4) is 24.2 Å². The highest BCUT2D eigenvalue weighted by atomic mass is 16.4. The molecule has 0 aromatic rings. The SMILES string of the molecule is C#CC#CC(O)CCCCCCCCC(=O)O. The number of carbonyl (C=O) groups is 1. The van der Waals surface area contributed by atoms with E-state index in [0.29, 0.717) is 6.42 Å². The van der Waals surface area contributed by atoms with E-state index in [1.54, 1.807) is 0 Å². The van der Waals surface area contributed by atoms with Gasteiger partial charge >= 0.3 is 5.97 Å². The largest absolute Gasteiger partial charge is 0.481 e. The molecule has 3 nitrogen and oxygen atoms in total. The van der Waals surface area contributed by atoms with Crippen LogP contribution in [0.15, 0.2) is 0 Å². The van der Waals surface area contributed by atoms with Gasteiger partial charge in [0.15, 0.2) is 0 Å². The summed E-state index contributed by atoms with van der Waals surface area (Å²) in [7, 11) is 0. The number of hydrogen-bond donors (Lipinski definition) is 2. The molecule has 0 spiro atoms. The second-order valence-corrected chi connectivity index (χ2v) is 3.98. The van der Waals surface area contributed by atoms with E-state index < -0.39 is 12.1 Å². The molecule has 0 fully saturated rings. The summed E-state index contributed by atoms with van der Waals surface area (Å²) < 4.78 is 0. The van der Waals surface area contributed by atoms with Crippen LogP contribution in [0.5, 0.6) is 0 Å². The number of carboxylic acid groups (broad SMARTS) is 1. The fourth-order valence-corrected chi connectivity index (χ4v) is 1.52. The van der Waals surface area contributed by atoms with Crippen molar-refractivity contribution in [2.45, 2.75) is 57.5 Å². The number of aliphatic hydroxyl groups is 1. The number of unbranched alkanes of at least 4 members (excludes halogenated alkanes) is 5. The Morgan fingerprint density at radius 3 is 2.29 bits per heavy atom. The normalized spacial score (nSPS) is 11.1. The lowest BCUT2D eigenvalue weighted by atomic mass is 10.1. The van der Waals surface area contributed by atoms with Crippen LogP contribution in [0.2, 0.25) is 0 Å². The van der Waals surface area contributed by atoms with Gasteiger partial charge in [-0.3, -0.25) is 4.79 Å². The first kappa shape index (κ1) is 15.6. The molecule has 1 unspecified atom stereocenters. The number of carboxylic acids is 1. The highest BCUT2D eigenvalue weighted by Gasteiger charge is 1.99. The average molecular weight is 236 g/mol. The van der Waals surface area contributed by atoms with Gasteiger partial charge in [-0.25, -0.2) is 0 Å². The maximum atomic E-state index is 10.2. The summed E-state index contributed by atoms with van der Waals surface area (Å²) in [5.41, 5.74) is 0. The topological polar surface area (TPSA) is 57.5 Å². The molecule has 0 aliphatic carbocycles. The molecule has 0 saturated carbocycles. The predicted octanol–water partition coefficient (Wildman–Crippen LogP) is 2.19. The third kappa shape index (κ3) is 12.5. The Kier molecular flexibility index (Phi) is 10.1. The van der Waals surface area contributed by atoms with E-state index in [1.165, 1.54) is 0 Å². The summed E-state index contributed by atoms with van der Waals surface area (Å²) >= 11 is 0. The first-order valence-corrected chi connectivity index (χ1v) is 6.03. The molecule has 0 rings (SSSR count). The van der Waals surface area contributed by atoms with Crippen LogP contribution in [-0.4, -0.2) is 22.3 Å². The van der Waals surface area contributed by atoms with Gasteiger partial charge in [-0.15, -0.1) is 6.42 Å². The van der Waals surface area contributed by atoms with Gasteiger partial charge in [0.2, 0.25) is 0 Å². The minimum atomic E-state index is -0.722. The maximum Gasteiger partial charge on any atom is 0.303 e. The Morgan fingerprint density at radius 1 is 1.12 bits per heavy atom. The van der Waals surface area contributed by atoms with Crippen molar-refractivity contribution in [2.24, 2.45) is 0 Å². The van der Waals surface area contributed by atoms with E-state index >= 15 is 0 Å². The zero-order valence-corrected chi connectivity index (χ0v) is 10.1. The van der Waals surface area contributed by atoms with E-state index in [-0.39, 0.29) is 6.42 Å². The van der Waals surface area contributed by atoms with Crippen molar-refractivity contribution in [1.82, 2.24) is 0 Å². The summed E-state index contributed by atoms with van der Waals surface area (Å²) in [6.45, 7) is 0. The monoisotopic (exact) mass is 236 g/mol. The molecule has 17 heavy (non-hydrogen) atoms. The predicted molar refractivity (Wildman–Crippen MR) is 67.2 cm³/mol. The molecule has 0 heterocycles. The van der Waals surface area contributed by atoms with Crippen molar-refractivity contribution in [3.05, 3.63) is 0 Å².